The van der Waals surface area contributed by atoms with E-state index in [1.165, 1.54) is 18.4 Å². The second kappa shape index (κ2) is 6.09. The third-order valence-corrected chi connectivity index (χ3v) is 2.71. The van der Waals surface area contributed by atoms with E-state index in [-0.39, 0.29) is 5.97 Å². The Kier molecular flexibility index (Phi) is 4.76. The Hall–Kier alpha value is -1.77. The molecule has 0 aliphatic heterocycles. The summed E-state index contributed by atoms with van der Waals surface area (Å²) in [6.07, 6.45) is 1.87. The van der Waals surface area contributed by atoms with Crippen LogP contribution < -0.4 is 4.90 Å². The zero-order valence-electron chi connectivity index (χ0n) is 10.9. The molecule has 0 aliphatic carbocycles. The molecular formula is C14H19NO2. The SMILES string of the molecule is COC(=O)C(C)=CCN(C)c1ccccc1C. The first-order chi connectivity index (χ1) is 8.06. The number of aryl methyl sites for hydroxylation is 1. The molecule has 92 valence electrons. The number of hydrogen-bond donors (Lipinski definition) is 0. The lowest BCUT2D eigenvalue weighted by molar-refractivity contribution is -0.136. The lowest BCUT2D eigenvalue weighted by Gasteiger charge is -2.19. The molecule has 0 radical (unpaired) electrons. The van der Waals surface area contributed by atoms with Crippen molar-refractivity contribution in [3.05, 3.63) is 41.5 Å². The molecule has 17 heavy (non-hydrogen) atoms. The van der Waals surface area contributed by atoms with Crippen LogP contribution in [0.2, 0.25) is 0 Å². The number of carbonyl (C=O) groups excluding carboxylic acids is 1. The molecule has 0 saturated heterocycles. The molecular weight excluding hydrogens is 214 g/mol. The zero-order valence-corrected chi connectivity index (χ0v) is 10.9. The number of para-hydroxylation sites is 1. The first kappa shape index (κ1) is 13.3. The molecule has 0 unspecified atom stereocenters. The van der Waals surface area contributed by atoms with E-state index in [4.69, 9.17) is 0 Å². The van der Waals surface area contributed by atoms with Crippen molar-refractivity contribution in [2.45, 2.75) is 13.8 Å². The fourth-order valence-corrected chi connectivity index (χ4v) is 1.61. The van der Waals surface area contributed by atoms with Crippen molar-refractivity contribution in [3.8, 4) is 0 Å². The quantitative estimate of drug-likeness (QED) is 0.591. The van der Waals surface area contributed by atoms with Crippen LogP contribution in [0.25, 0.3) is 0 Å². The van der Waals surface area contributed by atoms with Crippen LogP contribution in [0.1, 0.15) is 12.5 Å². The van der Waals surface area contributed by atoms with Crippen LogP contribution in [0, 0.1) is 6.92 Å². The van der Waals surface area contributed by atoms with Crippen molar-refractivity contribution in [3.63, 3.8) is 0 Å². The number of likely N-dealkylation sites (N-methyl/N-ethyl adjacent to an activating group) is 1. The number of esters is 1. The molecule has 0 fully saturated rings. The minimum absolute atomic E-state index is 0.275. The number of nitrogens with zero attached hydrogens (tertiary/aromatic N) is 1. The van der Waals surface area contributed by atoms with Crippen LogP contribution in [-0.4, -0.2) is 26.7 Å². The zero-order chi connectivity index (χ0) is 12.8. The average Bonchev–Trinajstić information content (AvgIpc) is 2.35. The Labute approximate surface area is 103 Å². The van der Waals surface area contributed by atoms with E-state index in [0.717, 1.165) is 0 Å². The highest BCUT2D eigenvalue weighted by molar-refractivity contribution is 5.87. The van der Waals surface area contributed by atoms with Crippen LogP contribution in [0.4, 0.5) is 5.69 Å². The van der Waals surface area contributed by atoms with E-state index >= 15 is 0 Å². The van der Waals surface area contributed by atoms with Gasteiger partial charge in [-0.1, -0.05) is 24.3 Å². The average molecular weight is 233 g/mol. The number of carbonyl (C=O) groups is 1. The maximum absolute atomic E-state index is 11.2. The van der Waals surface area contributed by atoms with Gasteiger partial charge in [-0.15, -0.1) is 0 Å². The number of methoxy groups -OCH3 is 1. The summed E-state index contributed by atoms with van der Waals surface area (Å²) in [5.74, 6) is -0.275. The molecule has 0 bridgehead atoms. The van der Waals surface area contributed by atoms with Crippen molar-refractivity contribution in [2.75, 3.05) is 25.6 Å². The van der Waals surface area contributed by atoms with Gasteiger partial charge < -0.3 is 9.64 Å². The van der Waals surface area contributed by atoms with Gasteiger partial charge in [0.1, 0.15) is 0 Å². The molecule has 1 rings (SSSR count). The van der Waals surface area contributed by atoms with Crippen LogP contribution >= 0.6 is 0 Å². The van der Waals surface area contributed by atoms with Gasteiger partial charge in [-0.05, 0) is 25.5 Å². The van der Waals surface area contributed by atoms with Crippen LogP contribution in [0.15, 0.2) is 35.9 Å². The van der Waals surface area contributed by atoms with Gasteiger partial charge in [-0.3, -0.25) is 0 Å². The molecule has 0 aliphatic rings. The smallest absolute Gasteiger partial charge is 0.333 e. The second-order valence-corrected chi connectivity index (χ2v) is 4.05. The molecule has 0 N–H and O–H groups in total. The summed E-state index contributed by atoms with van der Waals surface area (Å²) in [5, 5.41) is 0. The normalized spacial score (nSPS) is 11.2. The summed E-state index contributed by atoms with van der Waals surface area (Å²) in [6, 6.07) is 8.16. The second-order valence-electron chi connectivity index (χ2n) is 4.05. The lowest BCUT2D eigenvalue weighted by Crippen LogP contribution is -2.18. The van der Waals surface area contributed by atoms with E-state index in [1.54, 1.807) is 6.92 Å². The first-order valence-corrected chi connectivity index (χ1v) is 5.58. The maximum Gasteiger partial charge on any atom is 0.333 e. The Morgan fingerprint density at radius 1 is 1.41 bits per heavy atom. The van der Waals surface area contributed by atoms with E-state index in [1.807, 2.05) is 25.3 Å². The molecule has 0 saturated carbocycles. The summed E-state index contributed by atoms with van der Waals surface area (Å²) in [7, 11) is 3.40. The summed E-state index contributed by atoms with van der Waals surface area (Å²) in [6.45, 7) is 4.52. The molecule has 0 heterocycles. The van der Waals surface area contributed by atoms with Crippen molar-refractivity contribution >= 4 is 11.7 Å². The largest absolute Gasteiger partial charge is 0.466 e. The molecule has 1 aromatic carbocycles. The van der Waals surface area contributed by atoms with Crippen molar-refractivity contribution < 1.29 is 9.53 Å². The molecule has 0 aromatic heterocycles. The van der Waals surface area contributed by atoms with Crippen LogP contribution in [0.5, 0.6) is 0 Å². The highest BCUT2D eigenvalue weighted by Gasteiger charge is 2.05. The standard InChI is InChI=1S/C14H19NO2/c1-11-7-5-6-8-13(11)15(3)10-9-12(2)14(16)17-4/h5-9H,10H2,1-4H3. The van der Waals surface area contributed by atoms with E-state index in [9.17, 15) is 4.79 Å². The van der Waals surface area contributed by atoms with Crippen LogP contribution in [-0.2, 0) is 9.53 Å². The highest BCUT2D eigenvalue weighted by Crippen LogP contribution is 2.17. The molecule has 3 nitrogen and oxygen atoms in total. The summed E-state index contributed by atoms with van der Waals surface area (Å²) in [4.78, 5) is 13.3. The van der Waals surface area contributed by atoms with E-state index in [0.29, 0.717) is 12.1 Å². The molecule has 0 atom stereocenters. The summed E-state index contributed by atoms with van der Waals surface area (Å²) >= 11 is 0. The fourth-order valence-electron chi connectivity index (χ4n) is 1.61. The van der Waals surface area contributed by atoms with Gasteiger partial charge in [-0.2, -0.15) is 0 Å². The van der Waals surface area contributed by atoms with Gasteiger partial charge >= 0.3 is 5.97 Å². The Bertz CT molecular complexity index is 424. The predicted octanol–water partition coefficient (Wildman–Crippen LogP) is 2.55. The summed E-state index contributed by atoms with van der Waals surface area (Å²) in [5.41, 5.74) is 3.02. The molecule has 3 heteroatoms. The Morgan fingerprint density at radius 3 is 2.65 bits per heavy atom. The molecule has 0 amide bonds. The highest BCUT2D eigenvalue weighted by atomic mass is 16.5. The lowest BCUT2D eigenvalue weighted by atomic mass is 10.2. The minimum atomic E-state index is -0.275. The van der Waals surface area contributed by atoms with Crippen LogP contribution in [0.3, 0.4) is 0 Å². The van der Waals surface area contributed by atoms with Crippen molar-refractivity contribution in [1.82, 2.24) is 0 Å². The third-order valence-electron chi connectivity index (χ3n) is 2.71. The van der Waals surface area contributed by atoms with Gasteiger partial charge in [0.15, 0.2) is 0 Å². The van der Waals surface area contributed by atoms with E-state index in [2.05, 4.69) is 28.7 Å². The maximum atomic E-state index is 11.2. The Balaban J connectivity index is 2.71. The number of rotatable bonds is 4. The van der Waals surface area contributed by atoms with Gasteiger partial charge in [0.2, 0.25) is 0 Å². The first-order valence-electron chi connectivity index (χ1n) is 5.58. The van der Waals surface area contributed by atoms with Gasteiger partial charge in [0.25, 0.3) is 0 Å². The number of hydrogen-bond acceptors (Lipinski definition) is 3. The third kappa shape index (κ3) is 3.63. The molecule has 0 spiro atoms. The van der Waals surface area contributed by atoms with Gasteiger partial charge in [0, 0.05) is 24.9 Å². The predicted molar refractivity (Wildman–Crippen MR) is 70.2 cm³/mol. The van der Waals surface area contributed by atoms with Crippen molar-refractivity contribution in [2.24, 2.45) is 0 Å². The summed E-state index contributed by atoms with van der Waals surface area (Å²) < 4.78 is 4.65. The minimum Gasteiger partial charge on any atom is -0.466 e. The van der Waals surface area contributed by atoms with Crippen molar-refractivity contribution in [1.29, 1.82) is 0 Å². The molecule has 1 aromatic rings. The van der Waals surface area contributed by atoms with E-state index < -0.39 is 0 Å². The fraction of sp³-hybridized carbons (Fsp3) is 0.357. The topological polar surface area (TPSA) is 29.5 Å². The monoisotopic (exact) mass is 233 g/mol. The number of anilines is 1. The van der Waals surface area contributed by atoms with Gasteiger partial charge in [-0.25, -0.2) is 4.79 Å². The number of ether oxygens (including phenoxy) is 1. The van der Waals surface area contributed by atoms with Gasteiger partial charge in [0.05, 0.1) is 7.11 Å². The Morgan fingerprint density at radius 2 is 2.06 bits per heavy atom. The number of benzene rings is 1.